The summed E-state index contributed by atoms with van der Waals surface area (Å²) in [6, 6.07) is 13.4. The van der Waals surface area contributed by atoms with E-state index in [4.69, 9.17) is 4.74 Å². The van der Waals surface area contributed by atoms with Crippen molar-refractivity contribution in [1.29, 1.82) is 0 Å². The summed E-state index contributed by atoms with van der Waals surface area (Å²) in [6.07, 6.45) is 0.264. The number of carbonyl (C=O) groups excluding carboxylic acids is 2. The fraction of sp³-hybridized carbons (Fsp3) is 0.333. The number of anilines is 1. The molecule has 0 aliphatic heterocycles. The van der Waals surface area contributed by atoms with E-state index in [1.807, 2.05) is 43.4 Å². The fourth-order valence-corrected chi connectivity index (χ4v) is 4.48. The molecule has 180 valence electrons. The van der Waals surface area contributed by atoms with E-state index >= 15 is 0 Å². The second-order valence-electron chi connectivity index (χ2n) is 7.98. The molecule has 0 saturated carbocycles. The molecule has 0 aliphatic rings. The highest BCUT2D eigenvalue weighted by atomic mass is 127. The van der Waals surface area contributed by atoms with Gasteiger partial charge in [-0.25, -0.2) is 0 Å². The van der Waals surface area contributed by atoms with E-state index in [0.717, 1.165) is 26.1 Å². The number of thioether (sulfide) groups is 1. The molecule has 0 atom stereocenters. The maximum Gasteiger partial charge on any atom is 0.234 e. The second-order valence-corrected chi connectivity index (χ2v) is 10.2. The highest BCUT2D eigenvalue weighted by Gasteiger charge is 2.14. The fourth-order valence-electron chi connectivity index (χ4n) is 3.24. The first-order valence-electron chi connectivity index (χ1n) is 10.8. The molecular weight excluding hydrogens is 565 g/mol. The molecule has 0 aliphatic carbocycles. The van der Waals surface area contributed by atoms with Gasteiger partial charge in [0.25, 0.3) is 0 Å². The van der Waals surface area contributed by atoms with Gasteiger partial charge < -0.3 is 19.9 Å². The largest absolute Gasteiger partial charge is 0.497 e. The zero-order valence-corrected chi connectivity index (χ0v) is 22.6. The molecule has 1 aromatic heterocycles. The van der Waals surface area contributed by atoms with E-state index < -0.39 is 0 Å². The van der Waals surface area contributed by atoms with Crippen molar-refractivity contribution in [3.05, 3.63) is 63.0 Å². The summed E-state index contributed by atoms with van der Waals surface area (Å²) in [6.45, 7) is 4.46. The Labute approximate surface area is 217 Å². The van der Waals surface area contributed by atoms with Crippen molar-refractivity contribution in [2.75, 3.05) is 18.2 Å². The number of nitrogens with one attached hydrogen (secondary N) is 2. The van der Waals surface area contributed by atoms with Gasteiger partial charge in [0.15, 0.2) is 11.0 Å². The lowest BCUT2D eigenvalue weighted by Gasteiger charge is -2.14. The van der Waals surface area contributed by atoms with Gasteiger partial charge in [0.1, 0.15) is 5.75 Å². The molecule has 0 unspecified atom stereocenters. The number of hydrogen-bond acceptors (Lipinski definition) is 6. The summed E-state index contributed by atoms with van der Waals surface area (Å²) >= 11 is 3.58. The first-order valence-corrected chi connectivity index (χ1v) is 12.8. The van der Waals surface area contributed by atoms with Crippen LogP contribution in [0.3, 0.4) is 0 Å². The number of rotatable bonds is 10. The Bertz CT molecular complexity index is 1150. The lowest BCUT2D eigenvalue weighted by atomic mass is 10.0. The van der Waals surface area contributed by atoms with Gasteiger partial charge in [-0.2, -0.15) is 0 Å². The van der Waals surface area contributed by atoms with Gasteiger partial charge in [0.2, 0.25) is 11.8 Å². The van der Waals surface area contributed by atoms with Crippen LogP contribution in [0.4, 0.5) is 5.69 Å². The van der Waals surface area contributed by atoms with Crippen LogP contribution < -0.4 is 15.4 Å². The molecule has 3 aromatic rings. The van der Waals surface area contributed by atoms with Crippen molar-refractivity contribution in [3.8, 4) is 5.75 Å². The number of ether oxygens (including phenoxy) is 1. The van der Waals surface area contributed by atoms with Crippen LogP contribution in [0.2, 0.25) is 0 Å². The summed E-state index contributed by atoms with van der Waals surface area (Å²) < 4.78 is 8.06. The van der Waals surface area contributed by atoms with Crippen molar-refractivity contribution in [1.82, 2.24) is 20.1 Å². The lowest BCUT2D eigenvalue weighted by Crippen LogP contribution is -2.26. The van der Waals surface area contributed by atoms with Crippen LogP contribution in [0.1, 0.15) is 36.7 Å². The minimum atomic E-state index is -0.111. The van der Waals surface area contributed by atoms with E-state index in [9.17, 15) is 9.59 Å². The van der Waals surface area contributed by atoms with Crippen LogP contribution in [0.5, 0.6) is 5.75 Å². The molecule has 2 aromatic carbocycles. The van der Waals surface area contributed by atoms with Crippen molar-refractivity contribution in [3.63, 3.8) is 0 Å². The van der Waals surface area contributed by atoms with E-state index in [-0.39, 0.29) is 30.5 Å². The molecule has 0 radical (unpaired) electrons. The summed E-state index contributed by atoms with van der Waals surface area (Å²) in [4.78, 5) is 24.8. The maximum absolute atomic E-state index is 12.5. The van der Waals surface area contributed by atoms with Crippen LogP contribution in [0.25, 0.3) is 0 Å². The third-order valence-corrected chi connectivity index (χ3v) is 6.83. The highest BCUT2D eigenvalue weighted by molar-refractivity contribution is 14.1. The van der Waals surface area contributed by atoms with Crippen molar-refractivity contribution >= 4 is 51.9 Å². The number of halogens is 1. The molecule has 0 fully saturated rings. The predicted octanol–water partition coefficient (Wildman–Crippen LogP) is 4.14. The number of methoxy groups -OCH3 is 1. The van der Waals surface area contributed by atoms with Crippen LogP contribution in [-0.2, 0) is 29.6 Å². The molecule has 0 bridgehead atoms. The molecule has 0 spiro atoms. The Morgan fingerprint density at radius 3 is 2.53 bits per heavy atom. The van der Waals surface area contributed by atoms with Gasteiger partial charge >= 0.3 is 0 Å². The topological polar surface area (TPSA) is 98.1 Å². The molecule has 2 amide bonds. The summed E-state index contributed by atoms with van der Waals surface area (Å²) in [5, 5.41) is 14.8. The Morgan fingerprint density at radius 1 is 1.12 bits per heavy atom. The minimum absolute atomic E-state index is 0.106. The van der Waals surface area contributed by atoms with E-state index in [1.165, 1.54) is 11.8 Å². The molecule has 2 N–H and O–H groups in total. The third kappa shape index (κ3) is 7.20. The van der Waals surface area contributed by atoms with E-state index in [2.05, 4.69) is 63.3 Å². The molecule has 1 heterocycles. The summed E-state index contributed by atoms with van der Waals surface area (Å²) in [7, 11) is 3.43. The Kier molecular flexibility index (Phi) is 9.34. The van der Waals surface area contributed by atoms with Gasteiger partial charge in [0.05, 0.1) is 25.8 Å². The SMILES string of the molecule is COc1ccc(CC(=O)NCc2nnc(SCC(=O)Nc3ccc(I)cc3C(C)C)n2C)cc1. The normalized spacial score (nSPS) is 10.9. The Hall–Kier alpha value is -2.60. The van der Waals surface area contributed by atoms with Gasteiger partial charge in [-0.3, -0.25) is 9.59 Å². The van der Waals surface area contributed by atoms with Crippen LogP contribution in [0, 0.1) is 3.57 Å². The number of hydrogen-bond donors (Lipinski definition) is 2. The number of nitrogens with zero attached hydrogens (tertiary/aromatic N) is 3. The van der Waals surface area contributed by atoms with Crippen LogP contribution in [0.15, 0.2) is 47.6 Å². The van der Waals surface area contributed by atoms with Gasteiger partial charge in [-0.15, -0.1) is 10.2 Å². The molecule has 3 rings (SSSR count). The number of aromatic nitrogens is 3. The molecule has 34 heavy (non-hydrogen) atoms. The number of benzene rings is 2. The standard InChI is InChI=1S/C24H28IN5O3S/c1-15(2)19-12-17(25)7-10-20(19)27-23(32)14-34-24-29-28-21(30(24)3)13-26-22(31)11-16-5-8-18(33-4)9-6-16/h5-10,12,15H,11,13-14H2,1-4H3,(H,26,31)(H,27,32). The average Bonchev–Trinajstić information content (AvgIpc) is 3.17. The van der Waals surface area contributed by atoms with Crippen molar-refractivity contribution in [2.24, 2.45) is 7.05 Å². The van der Waals surface area contributed by atoms with Gasteiger partial charge in [0, 0.05) is 16.3 Å². The molecular formula is C24H28IN5O3S. The molecule has 10 heteroatoms. The summed E-state index contributed by atoms with van der Waals surface area (Å²) in [5.41, 5.74) is 2.84. The van der Waals surface area contributed by atoms with E-state index in [1.54, 1.807) is 11.7 Å². The maximum atomic E-state index is 12.5. The smallest absolute Gasteiger partial charge is 0.234 e. The summed E-state index contributed by atoms with van der Waals surface area (Å²) in [5.74, 6) is 1.66. The quantitative estimate of drug-likeness (QED) is 0.271. The van der Waals surface area contributed by atoms with Crippen molar-refractivity contribution in [2.45, 2.75) is 37.9 Å². The molecule has 0 saturated heterocycles. The first-order chi connectivity index (χ1) is 16.3. The van der Waals surface area contributed by atoms with Crippen molar-refractivity contribution < 1.29 is 14.3 Å². The van der Waals surface area contributed by atoms with E-state index in [0.29, 0.717) is 16.9 Å². The Morgan fingerprint density at radius 2 is 1.85 bits per heavy atom. The molecule has 8 nitrogen and oxygen atoms in total. The minimum Gasteiger partial charge on any atom is -0.497 e. The predicted molar refractivity (Wildman–Crippen MR) is 142 cm³/mol. The monoisotopic (exact) mass is 593 g/mol. The average molecular weight is 593 g/mol. The van der Waals surface area contributed by atoms with Gasteiger partial charge in [-0.1, -0.05) is 37.7 Å². The van der Waals surface area contributed by atoms with Crippen LogP contribution >= 0.6 is 34.4 Å². The highest BCUT2D eigenvalue weighted by Crippen LogP contribution is 2.26. The number of amides is 2. The zero-order valence-electron chi connectivity index (χ0n) is 19.6. The third-order valence-electron chi connectivity index (χ3n) is 5.13. The number of carbonyl (C=O) groups is 2. The Balaban J connectivity index is 1.50. The zero-order chi connectivity index (χ0) is 24.7. The second kappa shape index (κ2) is 12.2. The first kappa shape index (κ1) is 26.0. The van der Waals surface area contributed by atoms with Gasteiger partial charge in [-0.05, 0) is 70.0 Å². The van der Waals surface area contributed by atoms with Crippen LogP contribution in [-0.4, -0.2) is 39.4 Å². The lowest BCUT2D eigenvalue weighted by molar-refractivity contribution is -0.120.